The molecule has 21 heavy (non-hydrogen) atoms. The molecule has 3 rings (SSSR count). The van der Waals surface area contributed by atoms with Gasteiger partial charge in [-0.2, -0.15) is 29.8 Å². The van der Waals surface area contributed by atoms with Crippen LogP contribution in [-0.2, 0) is 0 Å². The Balaban J connectivity index is 2.04. The fourth-order valence-corrected chi connectivity index (χ4v) is 1.98. The van der Waals surface area contributed by atoms with E-state index in [9.17, 15) is 0 Å². The number of nitrogens with zero attached hydrogens (tertiary/aromatic N) is 8. The highest BCUT2D eigenvalue weighted by Crippen LogP contribution is 2.10. The molecule has 0 radical (unpaired) electrons. The summed E-state index contributed by atoms with van der Waals surface area (Å²) in [6, 6.07) is 0. The molecule has 0 bridgehead atoms. The van der Waals surface area contributed by atoms with E-state index in [-0.39, 0.29) is 0 Å². The molecule has 0 aliphatic heterocycles. The second kappa shape index (κ2) is 6.11. The predicted octanol–water partition coefficient (Wildman–Crippen LogP) is 1.06. The van der Waals surface area contributed by atoms with Crippen LogP contribution in [-0.4, -0.2) is 46.0 Å². The first-order valence-corrected chi connectivity index (χ1v) is 7.39. The summed E-state index contributed by atoms with van der Waals surface area (Å²) in [5, 5.41) is 11.4. The van der Waals surface area contributed by atoms with Gasteiger partial charge in [0.2, 0.25) is 5.95 Å². The average molecular weight is 397 g/mol. The zero-order chi connectivity index (χ0) is 14.7. The van der Waals surface area contributed by atoms with Crippen LogP contribution in [0.25, 0.3) is 11.9 Å². The number of aromatic nitrogens is 8. The summed E-state index contributed by atoms with van der Waals surface area (Å²) in [4.78, 5) is 17.0. The van der Waals surface area contributed by atoms with Crippen molar-refractivity contribution in [2.45, 2.75) is 13.3 Å². The summed E-state index contributed by atoms with van der Waals surface area (Å²) in [6.07, 6.45) is 7.51. The van der Waals surface area contributed by atoms with E-state index >= 15 is 0 Å². The van der Waals surface area contributed by atoms with E-state index in [1.165, 1.54) is 17.3 Å². The van der Waals surface area contributed by atoms with Crippen LogP contribution in [0.4, 0.5) is 5.95 Å². The van der Waals surface area contributed by atoms with Crippen LogP contribution in [0.1, 0.15) is 13.3 Å². The van der Waals surface area contributed by atoms with E-state index in [2.05, 4.69) is 65.0 Å². The van der Waals surface area contributed by atoms with Crippen molar-refractivity contribution < 1.29 is 0 Å². The van der Waals surface area contributed by atoms with Crippen LogP contribution in [0.3, 0.4) is 0 Å². The molecule has 0 unspecified atom stereocenters. The van der Waals surface area contributed by atoms with Gasteiger partial charge >= 0.3 is 0 Å². The molecule has 0 aromatic carbocycles. The Hall–Kier alpha value is -2.11. The lowest BCUT2D eigenvalue weighted by Gasteiger charge is -2.07. The van der Waals surface area contributed by atoms with E-state index in [4.69, 9.17) is 0 Å². The molecule has 0 aliphatic rings. The SMILES string of the molecule is CCCNc1nc(-n2cncn2)nc(-n2cc(I)cn2)n1. The molecule has 10 heteroatoms. The van der Waals surface area contributed by atoms with Crippen molar-refractivity contribution in [2.24, 2.45) is 0 Å². The van der Waals surface area contributed by atoms with Gasteiger partial charge in [-0.15, -0.1) is 0 Å². The monoisotopic (exact) mass is 397 g/mol. The topological polar surface area (TPSA) is 99.2 Å². The quantitative estimate of drug-likeness (QED) is 0.643. The molecule has 3 aromatic rings. The second-order valence-corrected chi connectivity index (χ2v) is 5.37. The van der Waals surface area contributed by atoms with Crippen LogP contribution in [0.2, 0.25) is 0 Å². The minimum atomic E-state index is 0.390. The van der Waals surface area contributed by atoms with Crippen LogP contribution in [0, 0.1) is 3.57 Å². The second-order valence-electron chi connectivity index (χ2n) is 4.13. The average Bonchev–Trinajstić information content (AvgIpc) is 3.16. The van der Waals surface area contributed by atoms with Crippen molar-refractivity contribution in [3.63, 3.8) is 0 Å². The smallest absolute Gasteiger partial charge is 0.258 e. The molecule has 3 aromatic heterocycles. The Kier molecular flexibility index (Phi) is 4.03. The highest BCUT2D eigenvalue weighted by Gasteiger charge is 2.11. The Morgan fingerprint density at radius 3 is 2.57 bits per heavy atom. The molecule has 9 nitrogen and oxygen atoms in total. The van der Waals surface area contributed by atoms with Crippen molar-refractivity contribution in [2.75, 3.05) is 11.9 Å². The minimum absolute atomic E-state index is 0.390. The van der Waals surface area contributed by atoms with Crippen molar-refractivity contribution in [3.8, 4) is 11.9 Å². The van der Waals surface area contributed by atoms with Gasteiger partial charge in [0.1, 0.15) is 12.7 Å². The lowest BCUT2D eigenvalue weighted by atomic mass is 10.5. The van der Waals surface area contributed by atoms with Crippen LogP contribution in [0.5, 0.6) is 0 Å². The highest BCUT2D eigenvalue weighted by atomic mass is 127. The van der Waals surface area contributed by atoms with Gasteiger partial charge in [0.15, 0.2) is 0 Å². The first-order valence-electron chi connectivity index (χ1n) is 6.32. The summed E-state index contributed by atoms with van der Waals surface area (Å²) in [5.74, 6) is 1.30. The third-order valence-electron chi connectivity index (χ3n) is 2.52. The fourth-order valence-electron chi connectivity index (χ4n) is 1.60. The molecule has 1 N–H and O–H groups in total. The highest BCUT2D eigenvalue weighted by molar-refractivity contribution is 14.1. The van der Waals surface area contributed by atoms with Crippen LogP contribution < -0.4 is 5.32 Å². The molecule has 0 aliphatic carbocycles. The first-order chi connectivity index (χ1) is 10.3. The van der Waals surface area contributed by atoms with Crippen LogP contribution >= 0.6 is 22.6 Å². The number of nitrogens with one attached hydrogen (secondary N) is 1. The van der Waals surface area contributed by atoms with Gasteiger partial charge in [-0.05, 0) is 29.0 Å². The van der Waals surface area contributed by atoms with Gasteiger partial charge in [0, 0.05) is 12.7 Å². The van der Waals surface area contributed by atoms with E-state index < -0.39 is 0 Å². The molecule has 108 valence electrons. The fraction of sp³-hybridized carbons (Fsp3) is 0.273. The molecule has 3 heterocycles. The summed E-state index contributed by atoms with van der Waals surface area (Å²) in [7, 11) is 0. The van der Waals surface area contributed by atoms with Gasteiger partial charge in [0.05, 0.1) is 9.77 Å². The van der Waals surface area contributed by atoms with Crippen molar-refractivity contribution in [1.82, 2.24) is 39.5 Å². The molecular weight excluding hydrogens is 385 g/mol. The van der Waals surface area contributed by atoms with E-state index in [0.717, 1.165) is 16.5 Å². The third-order valence-corrected chi connectivity index (χ3v) is 3.08. The third kappa shape index (κ3) is 3.15. The summed E-state index contributed by atoms with van der Waals surface area (Å²) in [5.41, 5.74) is 0. The maximum atomic E-state index is 4.37. The summed E-state index contributed by atoms with van der Waals surface area (Å²) < 4.78 is 4.08. The van der Waals surface area contributed by atoms with Gasteiger partial charge < -0.3 is 5.32 Å². The molecule has 0 saturated carbocycles. The van der Waals surface area contributed by atoms with Gasteiger partial charge in [-0.1, -0.05) is 6.92 Å². The number of halogens is 1. The molecule has 0 fully saturated rings. The zero-order valence-electron chi connectivity index (χ0n) is 11.2. The summed E-state index contributed by atoms with van der Waals surface area (Å²) >= 11 is 2.18. The van der Waals surface area contributed by atoms with Crippen molar-refractivity contribution in [3.05, 3.63) is 28.6 Å². The van der Waals surface area contributed by atoms with Crippen LogP contribution in [0.15, 0.2) is 25.0 Å². The lowest BCUT2D eigenvalue weighted by Crippen LogP contribution is -2.13. The van der Waals surface area contributed by atoms with E-state index in [0.29, 0.717) is 17.8 Å². The Morgan fingerprint density at radius 2 is 1.95 bits per heavy atom. The normalized spacial score (nSPS) is 10.8. The molecule has 0 spiro atoms. The van der Waals surface area contributed by atoms with E-state index in [1.54, 1.807) is 10.9 Å². The van der Waals surface area contributed by atoms with E-state index in [1.807, 2.05) is 6.20 Å². The van der Waals surface area contributed by atoms with Crippen molar-refractivity contribution >= 4 is 28.5 Å². The minimum Gasteiger partial charge on any atom is -0.354 e. The molecular formula is C11H12IN9. The first kappa shape index (κ1) is 13.9. The van der Waals surface area contributed by atoms with Crippen molar-refractivity contribution in [1.29, 1.82) is 0 Å². The van der Waals surface area contributed by atoms with Gasteiger partial charge in [-0.3, -0.25) is 0 Å². The maximum Gasteiger partial charge on any atom is 0.258 e. The number of hydrogen-bond acceptors (Lipinski definition) is 7. The molecule has 0 saturated heterocycles. The maximum absolute atomic E-state index is 4.37. The largest absolute Gasteiger partial charge is 0.354 e. The molecule has 0 amide bonds. The Bertz CT molecular complexity index is 721. The predicted molar refractivity (Wildman–Crippen MR) is 83.4 cm³/mol. The van der Waals surface area contributed by atoms with Gasteiger partial charge in [-0.25, -0.2) is 9.67 Å². The molecule has 0 atom stereocenters. The summed E-state index contributed by atoms with van der Waals surface area (Å²) in [6.45, 7) is 2.85. The zero-order valence-corrected chi connectivity index (χ0v) is 13.3. The Labute approximate surface area is 134 Å². The number of hydrogen-bond donors (Lipinski definition) is 1. The number of anilines is 1. The van der Waals surface area contributed by atoms with Gasteiger partial charge in [0.25, 0.3) is 11.9 Å². The number of rotatable bonds is 5. The standard InChI is InChI=1S/C11H12IN9/c1-2-3-14-9-17-10(20-5-8(12)4-15-20)19-11(18-9)21-7-13-6-16-21/h4-7H,2-3H2,1H3,(H,14,17,18,19). The Morgan fingerprint density at radius 1 is 1.14 bits per heavy atom. The lowest BCUT2D eigenvalue weighted by molar-refractivity contribution is 0.743.